The van der Waals surface area contributed by atoms with Crippen LogP contribution in [-0.4, -0.2) is 51.2 Å². The molecular formula is C17H19F2NO7. The second-order valence-corrected chi connectivity index (χ2v) is 5.36. The Bertz CT molecular complexity index is 703. The van der Waals surface area contributed by atoms with Gasteiger partial charge in [0, 0.05) is 5.56 Å². The molecule has 0 aliphatic rings. The molecule has 0 saturated carbocycles. The van der Waals surface area contributed by atoms with E-state index in [2.05, 4.69) is 19.5 Å². The van der Waals surface area contributed by atoms with Crippen molar-refractivity contribution in [1.29, 1.82) is 0 Å². The lowest BCUT2D eigenvalue weighted by Crippen LogP contribution is -2.50. The average Bonchev–Trinajstić information content (AvgIpc) is 2.65. The first-order chi connectivity index (χ1) is 12.7. The molecule has 10 heteroatoms. The number of esters is 3. The molecule has 0 saturated heterocycles. The minimum atomic E-state index is -1.62. The maximum absolute atomic E-state index is 13.7. The molecule has 1 aromatic rings. The number of carbonyl (C=O) groups is 4. The van der Waals surface area contributed by atoms with Crippen molar-refractivity contribution in [2.24, 2.45) is 5.92 Å². The van der Waals surface area contributed by atoms with Gasteiger partial charge in [0.2, 0.25) is 5.91 Å². The van der Waals surface area contributed by atoms with Crippen molar-refractivity contribution in [2.75, 3.05) is 21.3 Å². The number of halogens is 2. The third-order valence-corrected chi connectivity index (χ3v) is 3.69. The lowest BCUT2D eigenvalue weighted by Gasteiger charge is -2.23. The summed E-state index contributed by atoms with van der Waals surface area (Å²) >= 11 is 0. The molecule has 27 heavy (non-hydrogen) atoms. The average molecular weight is 387 g/mol. The molecular weight excluding hydrogens is 368 g/mol. The zero-order valence-corrected chi connectivity index (χ0v) is 14.9. The Hall–Kier alpha value is -3.04. The molecule has 0 heterocycles. The second-order valence-electron chi connectivity index (χ2n) is 5.36. The van der Waals surface area contributed by atoms with Crippen molar-refractivity contribution in [1.82, 2.24) is 5.32 Å². The van der Waals surface area contributed by atoms with Gasteiger partial charge in [-0.15, -0.1) is 0 Å². The van der Waals surface area contributed by atoms with E-state index in [1.807, 2.05) is 0 Å². The third-order valence-electron chi connectivity index (χ3n) is 3.69. The lowest BCUT2D eigenvalue weighted by atomic mass is 9.95. The van der Waals surface area contributed by atoms with E-state index >= 15 is 0 Å². The molecule has 1 aromatic carbocycles. The third kappa shape index (κ3) is 6.01. The number of hydrogen-bond acceptors (Lipinski definition) is 7. The Balaban J connectivity index is 3.07. The molecule has 0 radical (unpaired) electrons. The number of hydrogen-bond donors (Lipinski definition) is 1. The van der Waals surface area contributed by atoms with Gasteiger partial charge in [0.25, 0.3) is 0 Å². The Morgan fingerprint density at radius 1 is 0.963 bits per heavy atom. The molecule has 0 aromatic heterocycles. The Kier molecular flexibility index (Phi) is 8.31. The maximum atomic E-state index is 13.7. The van der Waals surface area contributed by atoms with Gasteiger partial charge in [-0.25, -0.2) is 13.6 Å². The van der Waals surface area contributed by atoms with Crippen LogP contribution in [0, 0.1) is 17.6 Å². The van der Waals surface area contributed by atoms with Gasteiger partial charge in [-0.3, -0.25) is 14.4 Å². The zero-order chi connectivity index (χ0) is 20.6. The molecule has 0 aliphatic carbocycles. The van der Waals surface area contributed by atoms with Gasteiger partial charge in [0.05, 0.1) is 40.1 Å². The summed E-state index contributed by atoms with van der Waals surface area (Å²) < 4.78 is 40.9. The Labute approximate surface area is 153 Å². The lowest BCUT2D eigenvalue weighted by molar-refractivity contribution is -0.159. The second kappa shape index (κ2) is 10.2. The summed E-state index contributed by atoms with van der Waals surface area (Å²) in [6.45, 7) is 0. The van der Waals surface area contributed by atoms with Crippen molar-refractivity contribution in [3.8, 4) is 0 Å². The summed E-state index contributed by atoms with van der Waals surface area (Å²) in [5, 5.41) is 2.16. The minimum Gasteiger partial charge on any atom is -0.469 e. The first-order valence-electron chi connectivity index (χ1n) is 7.69. The molecule has 2 atom stereocenters. The van der Waals surface area contributed by atoms with Gasteiger partial charge in [0.1, 0.15) is 17.7 Å². The van der Waals surface area contributed by atoms with Crippen LogP contribution in [-0.2, 0) is 39.8 Å². The first-order valence-corrected chi connectivity index (χ1v) is 7.69. The Morgan fingerprint density at radius 2 is 1.52 bits per heavy atom. The van der Waals surface area contributed by atoms with E-state index in [0.29, 0.717) is 0 Å². The van der Waals surface area contributed by atoms with E-state index in [1.165, 1.54) is 0 Å². The predicted octanol–water partition coefficient (Wildman–Crippen LogP) is 0.517. The quantitative estimate of drug-likeness (QED) is 0.512. The number of ether oxygens (including phenoxy) is 3. The highest BCUT2D eigenvalue weighted by molar-refractivity contribution is 5.91. The van der Waals surface area contributed by atoms with Crippen LogP contribution in [0.25, 0.3) is 0 Å². The van der Waals surface area contributed by atoms with Crippen LogP contribution in [0.5, 0.6) is 0 Å². The van der Waals surface area contributed by atoms with E-state index in [0.717, 1.165) is 39.5 Å². The van der Waals surface area contributed by atoms with Crippen molar-refractivity contribution < 1.29 is 42.2 Å². The predicted molar refractivity (Wildman–Crippen MR) is 86.1 cm³/mol. The fourth-order valence-electron chi connectivity index (χ4n) is 2.29. The SMILES string of the molecule is COC(=O)C[C@H](C(=O)OC)[C@H](NC(=O)Cc1c(F)cccc1F)C(=O)OC. The van der Waals surface area contributed by atoms with E-state index in [-0.39, 0.29) is 0 Å². The zero-order valence-electron chi connectivity index (χ0n) is 14.9. The van der Waals surface area contributed by atoms with Gasteiger partial charge in [-0.2, -0.15) is 0 Å². The molecule has 0 fully saturated rings. The monoisotopic (exact) mass is 387 g/mol. The summed E-state index contributed by atoms with van der Waals surface area (Å²) in [6.07, 6.45) is -1.32. The number of methoxy groups -OCH3 is 3. The Morgan fingerprint density at radius 3 is 2.00 bits per heavy atom. The molecule has 1 rings (SSSR count). The number of rotatable bonds is 8. The summed E-state index contributed by atoms with van der Waals surface area (Å²) in [4.78, 5) is 47.7. The van der Waals surface area contributed by atoms with Gasteiger partial charge < -0.3 is 19.5 Å². The molecule has 0 unspecified atom stereocenters. The normalized spacial score (nSPS) is 12.5. The van der Waals surface area contributed by atoms with Crippen LogP contribution >= 0.6 is 0 Å². The van der Waals surface area contributed by atoms with E-state index in [9.17, 15) is 28.0 Å². The molecule has 0 spiro atoms. The molecule has 1 amide bonds. The van der Waals surface area contributed by atoms with Crippen molar-refractivity contribution in [3.05, 3.63) is 35.4 Å². The summed E-state index contributed by atoms with van der Waals surface area (Å²) in [5.74, 6) is -7.17. The standard InChI is InChI=1S/C17H19F2NO7/c1-25-14(22)8-10(16(23)26-2)15(17(24)27-3)20-13(21)7-9-11(18)5-4-6-12(9)19/h4-6,10,15H,7-8H2,1-3H3,(H,20,21)/t10-,15-/m0/s1. The highest BCUT2D eigenvalue weighted by atomic mass is 19.1. The minimum absolute atomic E-state index is 0.513. The highest BCUT2D eigenvalue weighted by Crippen LogP contribution is 2.16. The van der Waals surface area contributed by atoms with E-state index in [4.69, 9.17) is 0 Å². The maximum Gasteiger partial charge on any atom is 0.329 e. The van der Waals surface area contributed by atoms with Gasteiger partial charge >= 0.3 is 17.9 Å². The van der Waals surface area contributed by atoms with Crippen molar-refractivity contribution in [2.45, 2.75) is 18.9 Å². The first kappa shape index (κ1) is 22.0. The summed E-state index contributed by atoms with van der Waals surface area (Å²) in [6, 6.07) is 1.45. The summed E-state index contributed by atoms with van der Waals surface area (Å²) in [5.41, 5.74) is -0.513. The van der Waals surface area contributed by atoms with Crippen LogP contribution < -0.4 is 5.32 Å². The fraction of sp³-hybridized carbons (Fsp3) is 0.412. The molecule has 0 bridgehead atoms. The fourth-order valence-corrected chi connectivity index (χ4v) is 2.29. The van der Waals surface area contributed by atoms with Crippen LogP contribution in [0.4, 0.5) is 8.78 Å². The molecule has 148 valence electrons. The highest BCUT2D eigenvalue weighted by Gasteiger charge is 2.38. The van der Waals surface area contributed by atoms with Crippen LogP contribution in [0.2, 0.25) is 0 Å². The largest absolute Gasteiger partial charge is 0.469 e. The van der Waals surface area contributed by atoms with Gasteiger partial charge in [-0.1, -0.05) is 6.07 Å². The van der Waals surface area contributed by atoms with Gasteiger partial charge in [0.15, 0.2) is 0 Å². The van der Waals surface area contributed by atoms with Gasteiger partial charge in [-0.05, 0) is 12.1 Å². The number of nitrogens with one attached hydrogen (secondary N) is 1. The van der Waals surface area contributed by atoms with E-state index in [1.54, 1.807) is 0 Å². The number of benzene rings is 1. The summed E-state index contributed by atoms with van der Waals surface area (Å²) in [7, 11) is 3.10. The molecule has 0 aliphatic heterocycles. The van der Waals surface area contributed by atoms with E-state index < -0.39 is 65.8 Å². The van der Waals surface area contributed by atoms with Crippen LogP contribution in [0.3, 0.4) is 0 Å². The van der Waals surface area contributed by atoms with Crippen LogP contribution in [0.15, 0.2) is 18.2 Å². The molecule has 8 nitrogen and oxygen atoms in total. The topological polar surface area (TPSA) is 108 Å². The van der Waals surface area contributed by atoms with Crippen LogP contribution in [0.1, 0.15) is 12.0 Å². The van der Waals surface area contributed by atoms with Crippen molar-refractivity contribution >= 4 is 23.8 Å². The smallest absolute Gasteiger partial charge is 0.329 e. The number of amides is 1. The molecule has 1 N–H and O–H groups in total. The van der Waals surface area contributed by atoms with Crippen molar-refractivity contribution in [3.63, 3.8) is 0 Å². The number of carbonyl (C=O) groups excluding carboxylic acids is 4.